The van der Waals surface area contributed by atoms with E-state index in [2.05, 4.69) is 77.5 Å². The summed E-state index contributed by atoms with van der Waals surface area (Å²) in [5.41, 5.74) is 1.38. The highest BCUT2D eigenvalue weighted by molar-refractivity contribution is 6.02. The van der Waals surface area contributed by atoms with Crippen LogP contribution in [0.25, 0.3) is 21.5 Å². The fraction of sp³-hybridized carbons (Fsp3) is 0.571. The minimum Gasteiger partial charge on any atom is -0.481 e. The third kappa shape index (κ3) is 30.7. The molecule has 25 nitrogen and oxygen atoms in total. The van der Waals surface area contributed by atoms with Gasteiger partial charge in [-0.25, -0.2) is 9.59 Å². The highest BCUT2D eigenvalue weighted by atomic mass is 16.4. The van der Waals surface area contributed by atoms with Gasteiger partial charge in [0.15, 0.2) is 0 Å². The SMILES string of the molecule is CC.CCCCNC(=O)CNC(=O)C1CCC(NC(=O)CN2CCN(CC=O)CCN(CC(=O)O)CCN(CC(=O)O)CC2)CC1.CO.Cc1c2ccccc2cc2ccccc12.O=C(O)CCCC(NC(=O)NCC(=O)O)C(=O)O. The van der Waals surface area contributed by atoms with Crippen LogP contribution in [-0.2, 0) is 43.2 Å². The molecule has 5 amide bonds. The molecule has 0 bridgehead atoms. The number of rotatable bonds is 23. The summed E-state index contributed by atoms with van der Waals surface area (Å²) in [6, 6.07) is 17.1. The van der Waals surface area contributed by atoms with Crippen LogP contribution in [0.4, 0.5) is 4.79 Å². The van der Waals surface area contributed by atoms with Gasteiger partial charge in [-0.3, -0.25) is 53.2 Å². The predicted octanol–water partition coefficient (Wildman–Crippen LogP) is 2.30. The maximum Gasteiger partial charge on any atom is 0.326 e. The molecule has 5 rings (SSSR count). The number of nitrogens with one attached hydrogen (secondary N) is 5. The van der Waals surface area contributed by atoms with Gasteiger partial charge in [0.1, 0.15) is 18.9 Å². The van der Waals surface area contributed by atoms with Gasteiger partial charge in [0.05, 0.1) is 32.7 Å². The summed E-state index contributed by atoms with van der Waals surface area (Å²) in [6.07, 6.45) is 5.03. The highest BCUT2D eigenvalue weighted by Gasteiger charge is 2.28. The lowest BCUT2D eigenvalue weighted by Crippen LogP contribution is -2.50. The number of aldehydes is 1. The molecule has 0 radical (unpaired) electrons. The van der Waals surface area contributed by atoms with Crippen molar-refractivity contribution in [1.82, 2.24) is 46.2 Å². The van der Waals surface area contributed by atoms with E-state index in [1.807, 2.05) is 41.2 Å². The number of nitrogens with zero attached hydrogens (tertiary/aromatic N) is 4. The number of benzene rings is 3. The van der Waals surface area contributed by atoms with Gasteiger partial charge in [-0.1, -0.05) is 75.7 Å². The number of amides is 5. The number of hydrogen-bond donors (Lipinski definition) is 11. The van der Waals surface area contributed by atoms with E-state index >= 15 is 0 Å². The van der Waals surface area contributed by atoms with Crippen LogP contribution in [0.3, 0.4) is 0 Å². The number of aryl methyl sites for hydroxylation is 1. The lowest BCUT2D eigenvalue weighted by Gasteiger charge is -2.33. The third-order valence-electron chi connectivity index (χ3n) is 13.0. The van der Waals surface area contributed by atoms with Crippen molar-refractivity contribution in [2.45, 2.75) is 97.6 Å². The van der Waals surface area contributed by atoms with E-state index in [-0.39, 0.29) is 81.7 Å². The molecular formula is C56H87N9O16. The number of hydrogen-bond acceptors (Lipinski definition) is 15. The fourth-order valence-corrected chi connectivity index (χ4v) is 8.80. The summed E-state index contributed by atoms with van der Waals surface area (Å²) < 4.78 is 0. The number of fused-ring (bicyclic) bond motifs is 2. The van der Waals surface area contributed by atoms with Crippen LogP contribution in [0, 0.1) is 12.8 Å². The Morgan fingerprint density at radius 1 is 0.605 bits per heavy atom. The van der Waals surface area contributed by atoms with Crippen molar-refractivity contribution in [3.8, 4) is 0 Å². The first-order valence-corrected chi connectivity index (χ1v) is 27.4. The maximum atomic E-state index is 13.1. The molecule has 1 aliphatic carbocycles. The normalized spacial score (nSPS) is 16.5. The molecule has 81 heavy (non-hydrogen) atoms. The van der Waals surface area contributed by atoms with Crippen molar-refractivity contribution in [1.29, 1.82) is 0 Å². The van der Waals surface area contributed by atoms with Crippen LogP contribution in [-0.4, -0.2) is 227 Å². The van der Waals surface area contributed by atoms with E-state index in [4.69, 9.17) is 20.4 Å². The van der Waals surface area contributed by atoms with Gasteiger partial charge >= 0.3 is 35.9 Å². The lowest BCUT2D eigenvalue weighted by atomic mass is 9.85. The molecule has 2 fully saturated rings. The van der Waals surface area contributed by atoms with E-state index in [1.54, 1.807) is 9.80 Å². The molecular weight excluding hydrogens is 1050 g/mol. The zero-order valence-electron chi connectivity index (χ0n) is 47.5. The van der Waals surface area contributed by atoms with Crippen molar-refractivity contribution >= 4 is 81.4 Å². The van der Waals surface area contributed by atoms with Crippen LogP contribution in [0.5, 0.6) is 0 Å². The standard InChI is InChI=1S/C29H51N7O8.C15H12.C9H14N2O7.C2H6.CH4O/c1-2-3-8-30-25(38)19-31-29(44)23-4-6-24(7-5-23)32-26(39)20-34-11-9-33(17-18-37)10-12-35(21-27(40)41)15-16-36(14-13-34)22-28(42)43;1-11-14-8-4-2-6-12(14)10-13-7-3-5-9-15(11)13;12-6(13)3-1-2-5(8(16)17)11-9(18)10-4-7(14)15;2*1-2/h18,23-24H,2-17,19-22H2,1H3,(H,30,38)(H,31,44)(H,32,39)(H,40,41)(H,42,43);2-10H,1H3;5H,1-4H2,(H,12,13)(H,14,15)(H,16,17)(H2,10,11,18);1-2H3;2H,1H3. The van der Waals surface area contributed by atoms with Gasteiger partial charge in [-0.2, -0.15) is 0 Å². The molecule has 1 saturated carbocycles. The minimum atomic E-state index is -1.31. The van der Waals surface area contributed by atoms with Gasteiger partial charge in [0.25, 0.3) is 0 Å². The average Bonchev–Trinajstić information content (AvgIpc) is 3.43. The van der Waals surface area contributed by atoms with E-state index < -0.39 is 48.5 Å². The van der Waals surface area contributed by atoms with Crippen LogP contribution < -0.4 is 26.6 Å². The summed E-state index contributed by atoms with van der Waals surface area (Å²) >= 11 is 0. The number of unbranched alkanes of at least 4 members (excludes halogenated alkanes) is 1. The van der Waals surface area contributed by atoms with Crippen molar-refractivity contribution < 1.29 is 78.6 Å². The second-order valence-electron chi connectivity index (χ2n) is 19.0. The predicted molar refractivity (Wildman–Crippen MR) is 305 cm³/mol. The monoisotopic (exact) mass is 1140 g/mol. The molecule has 0 aromatic heterocycles. The Kier molecular flexibility index (Phi) is 36.9. The molecule has 2 aliphatic rings. The number of aliphatic hydroxyl groups excluding tert-OH is 1. The Balaban J connectivity index is 0.000000716. The molecule has 11 N–H and O–H groups in total. The molecule has 1 unspecified atom stereocenters. The van der Waals surface area contributed by atoms with E-state index in [1.165, 1.54) is 27.1 Å². The maximum absolute atomic E-state index is 13.1. The first-order chi connectivity index (χ1) is 38.8. The minimum absolute atomic E-state index is 0.0379. The van der Waals surface area contributed by atoms with Gasteiger partial charge in [-0.15, -0.1) is 0 Å². The quantitative estimate of drug-likeness (QED) is 0.0369. The van der Waals surface area contributed by atoms with Gasteiger partial charge in [0, 0.05) is 84.4 Å². The molecule has 3 aromatic carbocycles. The van der Waals surface area contributed by atoms with E-state index in [0.717, 1.165) is 26.2 Å². The molecule has 3 aromatic rings. The van der Waals surface area contributed by atoms with Crippen LogP contribution in [0.15, 0.2) is 54.6 Å². The summed E-state index contributed by atoms with van der Waals surface area (Å²) in [5.74, 6) is -6.29. The first-order valence-electron chi connectivity index (χ1n) is 27.4. The molecule has 1 saturated heterocycles. The van der Waals surface area contributed by atoms with Crippen molar-refractivity contribution in [3.63, 3.8) is 0 Å². The Morgan fingerprint density at radius 2 is 1.10 bits per heavy atom. The number of carboxylic acids is 5. The second-order valence-corrected chi connectivity index (χ2v) is 19.0. The molecule has 0 spiro atoms. The Hall–Kier alpha value is -7.32. The smallest absolute Gasteiger partial charge is 0.326 e. The van der Waals surface area contributed by atoms with Gasteiger partial charge < -0.3 is 62.0 Å². The molecule has 452 valence electrons. The summed E-state index contributed by atoms with van der Waals surface area (Å²) in [4.78, 5) is 121. The summed E-state index contributed by atoms with van der Waals surface area (Å²) in [6.45, 7) is 11.4. The topological polar surface area (TPSA) is 365 Å². The third-order valence-corrected chi connectivity index (χ3v) is 13.0. The van der Waals surface area contributed by atoms with Crippen molar-refractivity contribution in [2.75, 3.05) is 105 Å². The molecule has 1 aliphatic heterocycles. The zero-order chi connectivity index (χ0) is 60.7. The number of carboxylic acid groups (broad SMARTS) is 5. The molecule has 25 heteroatoms. The number of carbonyl (C=O) groups excluding carboxylic acids is 5. The number of carbonyl (C=O) groups is 10. The van der Waals surface area contributed by atoms with Gasteiger partial charge in [0.2, 0.25) is 17.7 Å². The number of aliphatic carboxylic acids is 5. The summed E-state index contributed by atoms with van der Waals surface area (Å²) in [7, 11) is 1.00. The Morgan fingerprint density at radius 3 is 1.56 bits per heavy atom. The lowest BCUT2D eigenvalue weighted by molar-refractivity contribution is -0.140. The Labute approximate surface area is 473 Å². The molecule has 1 atom stereocenters. The molecule has 1 heterocycles. The number of aliphatic hydroxyl groups is 1. The van der Waals surface area contributed by atoms with Crippen LogP contribution in [0.1, 0.15) is 84.1 Å². The highest BCUT2D eigenvalue weighted by Crippen LogP contribution is 2.27. The fourth-order valence-electron chi connectivity index (χ4n) is 8.80. The van der Waals surface area contributed by atoms with Crippen LogP contribution >= 0.6 is 0 Å². The average molecular weight is 1140 g/mol. The van der Waals surface area contributed by atoms with Crippen molar-refractivity contribution in [2.24, 2.45) is 5.92 Å². The first kappa shape index (κ1) is 71.7. The largest absolute Gasteiger partial charge is 0.481 e. The summed E-state index contributed by atoms with van der Waals surface area (Å²) in [5, 5.41) is 69.0. The Bertz CT molecular complexity index is 2380. The number of urea groups is 1. The van der Waals surface area contributed by atoms with Crippen molar-refractivity contribution in [3.05, 3.63) is 60.2 Å². The van der Waals surface area contributed by atoms with E-state index in [0.29, 0.717) is 84.6 Å². The van der Waals surface area contributed by atoms with E-state index in [9.17, 15) is 58.2 Å². The van der Waals surface area contributed by atoms with Crippen LogP contribution in [0.2, 0.25) is 0 Å². The zero-order valence-corrected chi connectivity index (χ0v) is 47.5. The van der Waals surface area contributed by atoms with Gasteiger partial charge in [-0.05, 0) is 85.0 Å². The second kappa shape index (κ2) is 41.7.